The summed E-state index contributed by atoms with van der Waals surface area (Å²) in [5.74, 6) is 0.318. The summed E-state index contributed by atoms with van der Waals surface area (Å²) >= 11 is 0. The smallest absolute Gasteiger partial charge is 0.373 e. The van der Waals surface area contributed by atoms with Gasteiger partial charge in [0.2, 0.25) is 5.76 Å². The molecule has 0 aliphatic carbocycles. The summed E-state index contributed by atoms with van der Waals surface area (Å²) in [6, 6.07) is 3.33. The zero-order valence-corrected chi connectivity index (χ0v) is 16.8. The molecule has 2 unspecified atom stereocenters. The monoisotopic (exact) mass is 401 g/mol. The van der Waals surface area contributed by atoms with Crippen molar-refractivity contribution in [1.82, 2.24) is 13.5 Å². The Morgan fingerprint density at radius 1 is 1.11 bits per heavy atom. The number of carbonyl (C=O) groups is 1. The zero-order valence-electron chi connectivity index (χ0n) is 16.0. The average Bonchev–Trinajstić information content (AvgIpc) is 3.09. The van der Waals surface area contributed by atoms with Gasteiger partial charge in [0, 0.05) is 39.3 Å². The van der Waals surface area contributed by atoms with E-state index in [1.165, 1.54) is 15.7 Å². The molecule has 3 heterocycles. The second-order valence-electron chi connectivity index (χ2n) is 7.01. The number of carbonyl (C=O) groups excluding carboxylic acids is 1. The van der Waals surface area contributed by atoms with Crippen molar-refractivity contribution in [1.29, 1.82) is 0 Å². The van der Waals surface area contributed by atoms with Gasteiger partial charge in [-0.2, -0.15) is 17.0 Å². The molecular weight excluding hydrogens is 374 g/mol. The Hall–Kier alpha value is -1.46. The van der Waals surface area contributed by atoms with Crippen molar-refractivity contribution >= 4 is 16.2 Å². The van der Waals surface area contributed by atoms with Gasteiger partial charge in [-0.15, -0.1) is 0 Å². The average molecular weight is 401 g/mol. The number of esters is 1. The van der Waals surface area contributed by atoms with Crippen molar-refractivity contribution in [3.8, 4) is 0 Å². The summed E-state index contributed by atoms with van der Waals surface area (Å²) in [6.07, 6.45) is -0.208. The fraction of sp³-hybridized carbons (Fsp3) is 0.706. The Bertz CT molecular complexity index is 746. The zero-order chi connectivity index (χ0) is 19.6. The first-order valence-electron chi connectivity index (χ1n) is 9.09. The quantitative estimate of drug-likeness (QED) is 0.665. The third-order valence-corrected chi connectivity index (χ3v) is 6.77. The van der Waals surface area contributed by atoms with Crippen molar-refractivity contribution in [2.45, 2.75) is 32.6 Å². The van der Waals surface area contributed by atoms with E-state index in [9.17, 15) is 13.2 Å². The molecule has 2 saturated heterocycles. The number of hydrogen-bond donors (Lipinski definition) is 0. The first-order chi connectivity index (χ1) is 12.8. The highest BCUT2D eigenvalue weighted by Crippen LogP contribution is 2.20. The molecule has 2 aliphatic rings. The third-order valence-electron chi connectivity index (χ3n) is 4.80. The highest BCUT2D eigenvalue weighted by atomic mass is 32.2. The lowest BCUT2D eigenvalue weighted by Crippen LogP contribution is -2.56. The molecular formula is C17H27N3O6S. The van der Waals surface area contributed by atoms with Crippen LogP contribution in [0.25, 0.3) is 0 Å². The molecule has 1 aromatic rings. The fourth-order valence-corrected chi connectivity index (χ4v) is 5.24. The van der Waals surface area contributed by atoms with Crippen molar-refractivity contribution in [2.24, 2.45) is 0 Å². The minimum absolute atomic E-state index is 0.104. The van der Waals surface area contributed by atoms with Gasteiger partial charge in [-0.1, -0.05) is 0 Å². The molecule has 2 fully saturated rings. The van der Waals surface area contributed by atoms with Crippen LogP contribution in [0.3, 0.4) is 0 Å². The Kier molecular flexibility index (Phi) is 6.21. The van der Waals surface area contributed by atoms with E-state index in [0.717, 1.165) is 0 Å². The molecule has 3 rings (SSSR count). The van der Waals surface area contributed by atoms with Gasteiger partial charge in [-0.3, -0.25) is 4.90 Å². The minimum Gasteiger partial charge on any atom is -0.463 e. The molecule has 9 nitrogen and oxygen atoms in total. The van der Waals surface area contributed by atoms with Gasteiger partial charge in [0.05, 0.1) is 25.9 Å². The molecule has 2 aliphatic heterocycles. The van der Waals surface area contributed by atoms with Crippen LogP contribution >= 0.6 is 0 Å². The molecule has 0 saturated carbocycles. The maximum Gasteiger partial charge on any atom is 0.373 e. The molecule has 0 radical (unpaired) electrons. The molecule has 10 heteroatoms. The lowest BCUT2D eigenvalue weighted by Gasteiger charge is -2.40. The molecule has 0 bridgehead atoms. The van der Waals surface area contributed by atoms with Crippen LogP contribution < -0.4 is 0 Å². The molecule has 0 aromatic carbocycles. The molecule has 0 amide bonds. The van der Waals surface area contributed by atoms with Crippen LogP contribution in [0.2, 0.25) is 0 Å². The Morgan fingerprint density at radius 3 is 2.33 bits per heavy atom. The van der Waals surface area contributed by atoms with Crippen molar-refractivity contribution in [2.75, 3.05) is 46.4 Å². The van der Waals surface area contributed by atoms with Crippen LogP contribution in [0.15, 0.2) is 16.5 Å². The van der Waals surface area contributed by atoms with E-state index >= 15 is 0 Å². The second-order valence-corrected chi connectivity index (χ2v) is 8.94. The largest absolute Gasteiger partial charge is 0.463 e. The SMILES string of the molecule is COC(=O)c1ccc(CN2CCN(S(=O)(=O)N3CC(C)OC(C)C3)CC2)o1. The normalized spacial score (nSPS) is 26.2. The number of morpholine rings is 1. The van der Waals surface area contributed by atoms with E-state index in [0.29, 0.717) is 51.6 Å². The number of hydrogen-bond acceptors (Lipinski definition) is 7. The fourth-order valence-electron chi connectivity index (χ4n) is 3.49. The molecule has 2 atom stereocenters. The van der Waals surface area contributed by atoms with E-state index in [1.807, 2.05) is 13.8 Å². The van der Waals surface area contributed by atoms with Gasteiger partial charge in [0.25, 0.3) is 10.2 Å². The standard InChI is InChI=1S/C17H27N3O6S/c1-13-10-20(11-14(2)25-13)27(22,23)19-8-6-18(7-9-19)12-15-4-5-16(26-15)17(21)24-3/h4-5,13-14H,6-12H2,1-3H3. The Balaban J connectivity index is 1.55. The number of ether oxygens (including phenoxy) is 2. The number of piperazine rings is 1. The van der Waals surface area contributed by atoms with Gasteiger partial charge in [-0.25, -0.2) is 4.79 Å². The highest BCUT2D eigenvalue weighted by Gasteiger charge is 2.36. The van der Waals surface area contributed by atoms with Crippen molar-refractivity contribution in [3.05, 3.63) is 23.7 Å². The molecule has 1 aromatic heterocycles. The highest BCUT2D eigenvalue weighted by molar-refractivity contribution is 7.86. The van der Waals surface area contributed by atoms with E-state index in [4.69, 9.17) is 9.15 Å². The predicted octanol–water partition coefficient (Wildman–Crippen LogP) is 0.538. The van der Waals surface area contributed by atoms with Crippen LogP contribution in [0.5, 0.6) is 0 Å². The summed E-state index contributed by atoms with van der Waals surface area (Å²) in [7, 11) is -2.18. The number of rotatable bonds is 5. The Morgan fingerprint density at radius 2 is 1.74 bits per heavy atom. The van der Waals surface area contributed by atoms with Gasteiger partial charge >= 0.3 is 5.97 Å². The first kappa shape index (κ1) is 20.3. The van der Waals surface area contributed by atoms with Crippen LogP contribution in [0, 0.1) is 0 Å². The summed E-state index contributed by atoms with van der Waals surface area (Å²) in [5.41, 5.74) is 0. The molecule has 152 valence electrons. The van der Waals surface area contributed by atoms with Crippen LogP contribution in [-0.2, 0) is 26.2 Å². The second kappa shape index (κ2) is 8.27. The minimum atomic E-state index is -3.48. The summed E-state index contributed by atoms with van der Waals surface area (Å²) in [4.78, 5) is 13.6. The van der Waals surface area contributed by atoms with Crippen molar-refractivity contribution in [3.63, 3.8) is 0 Å². The first-order valence-corrected chi connectivity index (χ1v) is 10.5. The number of nitrogens with zero attached hydrogens (tertiary/aromatic N) is 3. The Labute approximate surface area is 160 Å². The predicted molar refractivity (Wildman–Crippen MR) is 97.4 cm³/mol. The van der Waals surface area contributed by atoms with E-state index < -0.39 is 16.2 Å². The number of methoxy groups -OCH3 is 1. The van der Waals surface area contributed by atoms with Crippen LogP contribution in [0.4, 0.5) is 0 Å². The van der Waals surface area contributed by atoms with Gasteiger partial charge in [0.15, 0.2) is 0 Å². The molecule has 0 spiro atoms. The van der Waals surface area contributed by atoms with Gasteiger partial charge < -0.3 is 13.9 Å². The molecule has 0 N–H and O–H groups in total. The van der Waals surface area contributed by atoms with Crippen molar-refractivity contribution < 1.29 is 27.1 Å². The maximum absolute atomic E-state index is 12.9. The van der Waals surface area contributed by atoms with Crippen LogP contribution in [0.1, 0.15) is 30.2 Å². The summed E-state index contributed by atoms with van der Waals surface area (Å²) in [6.45, 7) is 7.12. The lowest BCUT2D eigenvalue weighted by molar-refractivity contribution is -0.0457. The summed E-state index contributed by atoms with van der Waals surface area (Å²) in [5, 5.41) is 0. The third kappa shape index (κ3) is 4.69. The topological polar surface area (TPSA) is 92.5 Å². The van der Waals surface area contributed by atoms with E-state index in [-0.39, 0.29) is 18.0 Å². The molecule has 27 heavy (non-hydrogen) atoms. The number of furan rings is 1. The van der Waals surface area contributed by atoms with Gasteiger partial charge in [-0.05, 0) is 26.0 Å². The maximum atomic E-state index is 12.9. The summed E-state index contributed by atoms with van der Waals surface area (Å²) < 4.78 is 44.6. The van der Waals surface area contributed by atoms with E-state index in [1.54, 1.807) is 12.1 Å². The van der Waals surface area contributed by atoms with Gasteiger partial charge in [0.1, 0.15) is 5.76 Å². The lowest BCUT2D eigenvalue weighted by atomic mass is 10.3. The van der Waals surface area contributed by atoms with Crippen LogP contribution in [-0.4, -0.2) is 86.5 Å². The van der Waals surface area contributed by atoms with E-state index in [2.05, 4.69) is 9.64 Å².